The lowest BCUT2D eigenvalue weighted by Crippen LogP contribution is -2.38. The van der Waals surface area contributed by atoms with Gasteiger partial charge in [-0.15, -0.1) is 11.3 Å². The number of benzene rings is 1. The molecule has 25 heavy (non-hydrogen) atoms. The minimum atomic E-state index is -0.258. The number of amides is 1. The number of halogens is 1. The van der Waals surface area contributed by atoms with Crippen molar-refractivity contribution in [1.82, 2.24) is 20.1 Å². The van der Waals surface area contributed by atoms with E-state index in [1.54, 1.807) is 12.1 Å². The van der Waals surface area contributed by atoms with Crippen molar-refractivity contribution in [1.29, 1.82) is 0 Å². The molecule has 2 aromatic rings. The fourth-order valence-electron chi connectivity index (χ4n) is 2.84. The quantitative estimate of drug-likeness (QED) is 0.886. The summed E-state index contributed by atoms with van der Waals surface area (Å²) in [5, 5.41) is 5.73. The average Bonchev–Trinajstić information content (AvgIpc) is 2.98. The van der Waals surface area contributed by atoms with Crippen LogP contribution >= 0.6 is 11.3 Å². The van der Waals surface area contributed by atoms with Gasteiger partial charge in [0.1, 0.15) is 10.8 Å². The second-order valence-corrected chi connectivity index (χ2v) is 7.29. The van der Waals surface area contributed by atoms with E-state index in [9.17, 15) is 9.18 Å². The van der Waals surface area contributed by atoms with Crippen LogP contribution in [0, 0.1) is 5.82 Å². The first kappa shape index (κ1) is 18.0. The van der Waals surface area contributed by atoms with E-state index in [0.717, 1.165) is 48.9 Å². The lowest BCUT2D eigenvalue weighted by molar-refractivity contribution is -0.122. The van der Waals surface area contributed by atoms with Gasteiger partial charge in [0.25, 0.3) is 0 Å². The normalized spacial score (nSPS) is 16.6. The first-order valence-corrected chi connectivity index (χ1v) is 9.36. The molecule has 1 aliphatic heterocycles. The van der Waals surface area contributed by atoms with E-state index in [1.165, 1.54) is 23.5 Å². The smallest absolute Gasteiger partial charge is 0.234 e. The van der Waals surface area contributed by atoms with Gasteiger partial charge in [-0.1, -0.05) is 0 Å². The van der Waals surface area contributed by atoms with Crippen LogP contribution in [0.4, 0.5) is 4.39 Å². The number of hydrogen-bond acceptors (Lipinski definition) is 5. The zero-order valence-corrected chi connectivity index (χ0v) is 15.2. The highest BCUT2D eigenvalue weighted by Crippen LogP contribution is 2.22. The van der Waals surface area contributed by atoms with Crippen molar-refractivity contribution in [2.24, 2.45) is 0 Å². The summed E-state index contributed by atoms with van der Waals surface area (Å²) < 4.78 is 13.0. The van der Waals surface area contributed by atoms with Gasteiger partial charge in [-0.05, 0) is 50.8 Å². The second-order valence-electron chi connectivity index (χ2n) is 6.34. The zero-order chi connectivity index (χ0) is 17.6. The van der Waals surface area contributed by atoms with Gasteiger partial charge in [0.2, 0.25) is 5.91 Å². The average molecular weight is 362 g/mol. The van der Waals surface area contributed by atoms with Gasteiger partial charge in [0.05, 0.1) is 18.8 Å². The molecule has 134 valence electrons. The van der Waals surface area contributed by atoms with Gasteiger partial charge < -0.3 is 10.2 Å². The third-order valence-corrected chi connectivity index (χ3v) is 5.16. The van der Waals surface area contributed by atoms with Crippen LogP contribution in [0.1, 0.15) is 11.4 Å². The molecule has 1 aliphatic rings. The van der Waals surface area contributed by atoms with Gasteiger partial charge in [0.15, 0.2) is 0 Å². The third-order valence-electron chi connectivity index (χ3n) is 4.31. The highest BCUT2D eigenvalue weighted by Gasteiger charge is 2.15. The zero-order valence-electron chi connectivity index (χ0n) is 14.4. The van der Waals surface area contributed by atoms with Gasteiger partial charge in [-0.2, -0.15) is 0 Å². The van der Waals surface area contributed by atoms with E-state index in [-0.39, 0.29) is 11.7 Å². The van der Waals surface area contributed by atoms with Crippen LogP contribution in [0.2, 0.25) is 0 Å². The molecule has 1 fully saturated rings. The molecule has 1 saturated heterocycles. The summed E-state index contributed by atoms with van der Waals surface area (Å²) in [7, 11) is 2.12. The van der Waals surface area contributed by atoms with E-state index in [4.69, 9.17) is 0 Å². The van der Waals surface area contributed by atoms with Crippen LogP contribution in [0.5, 0.6) is 0 Å². The Morgan fingerprint density at radius 2 is 2.04 bits per heavy atom. The highest BCUT2D eigenvalue weighted by atomic mass is 32.1. The van der Waals surface area contributed by atoms with Crippen LogP contribution in [0.3, 0.4) is 0 Å². The highest BCUT2D eigenvalue weighted by molar-refractivity contribution is 7.09. The monoisotopic (exact) mass is 362 g/mol. The number of nitrogens with zero attached hydrogens (tertiary/aromatic N) is 3. The van der Waals surface area contributed by atoms with E-state index in [0.29, 0.717) is 13.1 Å². The Morgan fingerprint density at radius 3 is 2.84 bits per heavy atom. The van der Waals surface area contributed by atoms with Crippen molar-refractivity contribution < 1.29 is 9.18 Å². The number of hydrogen-bond donors (Lipinski definition) is 1. The first-order chi connectivity index (χ1) is 12.1. The fraction of sp³-hybridized carbons (Fsp3) is 0.444. The molecule has 1 amide bonds. The second kappa shape index (κ2) is 8.51. The first-order valence-electron chi connectivity index (χ1n) is 8.48. The van der Waals surface area contributed by atoms with Gasteiger partial charge in [-0.3, -0.25) is 9.69 Å². The van der Waals surface area contributed by atoms with Crippen molar-refractivity contribution in [2.75, 3.05) is 39.8 Å². The number of aromatic nitrogens is 1. The molecular formula is C18H23FN4OS. The molecule has 1 aromatic heterocycles. The minimum absolute atomic E-state index is 0.0306. The van der Waals surface area contributed by atoms with Crippen LogP contribution in [-0.2, 0) is 11.3 Å². The van der Waals surface area contributed by atoms with Gasteiger partial charge in [0, 0.05) is 24.0 Å². The molecule has 3 rings (SSSR count). The number of carbonyl (C=O) groups excluding carboxylic acids is 1. The number of thiazole rings is 1. The maximum absolute atomic E-state index is 13.0. The van der Waals surface area contributed by atoms with Crippen molar-refractivity contribution in [3.8, 4) is 11.3 Å². The molecule has 5 nitrogen and oxygen atoms in total. The molecule has 0 atom stereocenters. The summed E-state index contributed by atoms with van der Waals surface area (Å²) >= 11 is 1.50. The van der Waals surface area contributed by atoms with E-state index < -0.39 is 0 Å². The van der Waals surface area contributed by atoms with Crippen molar-refractivity contribution in [2.45, 2.75) is 13.0 Å². The van der Waals surface area contributed by atoms with Crippen LogP contribution < -0.4 is 5.32 Å². The Kier molecular flexibility index (Phi) is 6.12. The Morgan fingerprint density at radius 1 is 1.24 bits per heavy atom. The van der Waals surface area contributed by atoms with E-state index in [2.05, 4.69) is 27.1 Å². The number of rotatable bonds is 5. The van der Waals surface area contributed by atoms with Gasteiger partial charge >= 0.3 is 0 Å². The molecule has 1 N–H and O–H groups in total. The summed E-state index contributed by atoms with van der Waals surface area (Å²) in [4.78, 5) is 21.2. The van der Waals surface area contributed by atoms with E-state index >= 15 is 0 Å². The van der Waals surface area contributed by atoms with Crippen LogP contribution in [-0.4, -0.2) is 60.5 Å². The summed E-state index contributed by atoms with van der Waals surface area (Å²) in [6, 6.07) is 6.27. The van der Waals surface area contributed by atoms with E-state index in [1.807, 2.05) is 5.38 Å². The molecule has 1 aromatic carbocycles. The maximum Gasteiger partial charge on any atom is 0.234 e. The van der Waals surface area contributed by atoms with Crippen LogP contribution in [0.25, 0.3) is 11.3 Å². The number of nitrogens with one attached hydrogen (secondary N) is 1. The van der Waals surface area contributed by atoms with Gasteiger partial charge in [-0.25, -0.2) is 9.37 Å². The molecule has 0 unspecified atom stereocenters. The minimum Gasteiger partial charge on any atom is -0.348 e. The summed E-state index contributed by atoms with van der Waals surface area (Å²) in [5.74, 6) is -0.228. The molecule has 7 heteroatoms. The van der Waals surface area contributed by atoms with Crippen molar-refractivity contribution >= 4 is 17.2 Å². The Bertz CT molecular complexity index is 703. The van der Waals surface area contributed by atoms with Crippen LogP contribution in [0.15, 0.2) is 29.6 Å². The largest absolute Gasteiger partial charge is 0.348 e. The number of likely N-dealkylation sites (N-methyl/N-ethyl adjacent to an activating group) is 1. The topological polar surface area (TPSA) is 48.5 Å². The lowest BCUT2D eigenvalue weighted by Gasteiger charge is -2.19. The SMILES string of the molecule is CN1CCCN(CC(=O)NCc2nc(-c3ccc(F)cc3)cs2)CC1. The number of carbonyl (C=O) groups is 1. The standard InChI is InChI=1S/C18H23FN4OS/c1-22-7-2-8-23(10-9-22)12-17(24)20-11-18-21-16(13-25-18)14-3-5-15(19)6-4-14/h3-6,13H,2,7-12H2,1H3,(H,20,24). The Balaban J connectivity index is 1.48. The predicted molar refractivity (Wildman–Crippen MR) is 97.9 cm³/mol. The maximum atomic E-state index is 13.0. The summed E-state index contributed by atoms with van der Waals surface area (Å²) in [6.07, 6.45) is 1.09. The molecule has 0 bridgehead atoms. The summed E-state index contributed by atoms with van der Waals surface area (Å²) in [5.41, 5.74) is 1.69. The molecular weight excluding hydrogens is 339 g/mol. The molecule has 2 heterocycles. The lowest BCUT2D eigenvalue weighted by atomic mass is 10.2. The van der Waals surface area contributed by atoms with Crippen molar-refractivity contribution in [3.63, 3.8) is 0 Å². The fourth-order valence-corrected chi connectivity index (χ4v) is 3.58. The molecule has 0 saturated carbocycles. The third kappa shape index (κ3) is 5.32. The predicted octanol–water partition coefficient (Wildman–Crippen LogP) is 2.20. The molecule has 0 radical (unpaired) electrons. The Hall–Kier alpha value is -1.83. The molecule has 0 aliphatic carbocycles. The molecule has 0 spiro atoms. The summed E-state index contributed by atoms with van der Waals surface area (Å²) in [6.45, 7) is 4.84. The van der Waals surface area contributed by atoms with Crippen molar-refractivity contribution in [3.05, 3.63) is 40.5 Å². The Labute approximate surface area is 151 Å².